The summed E-state index contributed by atoms with van der Waals surface area (Å²) in [6, 6.07) is 2.15. The molecule has 0 aromatic heterocycles. The molecular weight excluding hydrogens is 977 g/mol. The van der Waals surface area contributed by atoms with E-state index in [4.69, 9.17) is 0 Å². The van der Waals surface area contributed by atoms with E-state index in [1.54, 1.807) is 56.9 Å². The summed E-state index contributed by atoms with van der Waals surface area (Å²) in [5, 5.41) is 0. The first kappa shape index (κ1) is 63.9. The number of amides is 8. The van der Waals surface area contributed by atoms with Crippen LogP contribution in [0.25, 0.3) is 0 Å². The number of nitrogens with zero attached hydrogens (tertiary/aromatic N) is 8. The third-order valence-electron chi connectivity index (χ3n) is 16.8. The highest BCUT2D eigenvalue weighted by atomic mass is 16.2. The molecule has 10 atom stereocenters. The standard InChI is InChI=1S/C60H96N8O9/c1-17-18-19-21-27-41(8)36-42(9)53(70)61(12)43(10)54(71)67-34-25-31-47(67)55(72)63(14)51(39(4)5)59(76)65(16)52(40(6)7)60(77)64(15)50(38(2)3)58(75)62(13)49(37-45-28-22-20-23-29-45)57(74)68-35-26-32-48(68)56(73)66-33-24-30-46(66)44(11)69/h17,20,22-23,28-29,38-43,46-52H,1,18-19,21,24-27,30-37H2,2-16H3/t41-,42+,43-,46-,47-,48-,49-,50-,51-,52-/m0/s1. The molecule has 3 heterocycles. The van der Waals surface area contributed by atoms with E-state index in [-0.39, 0.29) is 35.8 Å². The fourth-order valence-corrected chi connectivity index (χ4v) is 12.3. The maximum atomic E-state index is 15.1. The minimum atomic E-state index is -1.07. The van der Waals surface area contributed by atoms with E-state index in [1.165, 1.54) is 31.4 Å². The predicted octanol–water partition coefficient (Wildman–Crippen LogP) is 6.32. The zero-order valence-corrected chi connectivity index (χ0v) is 49.5. The van der Waals surface area contributed by atoms with Gasteiger partial charge in [-0.05, 0) is 101 Å². The Kier molecular flexibility index (Phi) is 23.9. The summed E-state index contributed by atoms with van der Waals surface area (Å²) in [5.74, 6) is -4.31. The molecule has 0 radical (unpaired) electrons. The van der Waals surface area contributed by atoms with Gasteiger partial charge in [0.05, 0.1) is 6.04 Å². The zero-order chi connectivity index (χ0) is 57.7. The SMILES string of the molecule is C=CCCCC[C@H](C)C[C@@H](C)C(=O)N(C)[C@@H](C)C(=O)N1CCC[C@H]1C(=O)N(C)[C@H](C(=O)N(C)[C@H](C(=O)N(C)[C@H](C(=O)N(C)[C@@H](Cc1ccccc1)C(=O)N1CCC[C@H]1C(=O)N1CCC[C@H]1C(C)=O)C(C)C)C(C)C)C(C)C. The number of hydrogen-bond acceptors (Lipinski definition) is 9. The first-order valence-corrected chi connectivity index (χ1v) is 28.6. The minimum Gasteiger partial charge on any atom is -0.334 e. The maximum absolute atomic E-state index is 15.1. The number of allylic oxidation sites excluding steroid dienone is 1. The molecule has 3 saturated heterocycles. The number of rotatable bonds is 26. The Hall–Kier alpha value is -5.61. The number of carbonyl (C=O) groups excluding carboxylic acids is 9. The molecule has 1 aromatic carbocycles. The number of ketones is 1. The van der Waals surface area contributed by atoms with Crippen LogP contribution in [-0.2, 0) is 49.6 Å². The monoisotopic (exact) mass is 1070 g/mol. The van der Waals surface area contributed by atoms with Gasteiger partial charge in [-0.25, -0.2) is 0 Å². The Morgan fingerprint density at radius 3 is 1.55 bits per heavy atom. The highest BCUT2D eigenvalue weighted by Crippen LogP contribution is 2.30. The molecule has 3 aliphatic rings. The highest BCUT2D eigenvalue weighted by Gasteiger charge is 2.48. The zero-order valence-electron chi connectivity index (χ0n) is 49.5. The summed E-state index contributed by atoms with van der Waals surface area (Å²) in [5.41, 5.74) is 0.801. The summed E-state index contributed by atoms with van der Waals surface area (Å²) >= 11 is 0. The van der Waals surface area contributed by atoms with Crippen molar-refractivity contribution in [3.63, 3.8) is 0 Å². The van der Waals surface area contributed by atoms with Crippen LogP contribution in [0.15, 0.2) is 43.0 Å². The lowest BCUT2D eigenvalue weighted by Crippen LogP contribution is -2.62. The van der Waals surface area contributed by atoms with E-state index in [1.807, 2.05) is 84.9 Å². The number of likely N-dealkylation sites (tertiary alicyclic amines) is 3. The van der Waals surface area contributed by atoms with Gasteiger partial charge in [-0.3, -0.25) is 43.2 Å². The van der Waals surface area contributed by atoms with Crippen LogP contribution in [0.2, 0.25) is 0 Å². The van der Waals surface area contributed by atoms with E-state index in [2.05, 4.69) is 13.5 Å². The Morgan fingerprint density at radius 2 is 1.04 bits per heavy atom. The molecular formula is C60H96N8O9. The molecule has 0 spiro atoms. The van der Waals surface area contributed by atoms with Gasteiger partial charge >= 0.3 is 0 Å². The van der Waals surface area contributed by atoms with Crippen LogP contribution in [0.3, 0.4) is 0 Å². The number of unbranched alkanes of at least 4 members (excludes halogenated alkanes) is 2. The van der Waals surface area contributed by atoms with E-state index >= 15 is 9.59 Å². The van der Waals surface area contributed by atoms with Crippen molar-refractivity contribution in [3.8, 4) is 0 Å². The second kappa shape index (κ2) is 28.8. The summed E-state index contributed by atoms with van der Waals surface area (Å²) in [6.45, 7) is 23.0. The molecule has 0 bridgehead atoms. The molecule has 0 aliphatic carbocycles. The molecule has 0 unspecified atom stereocenters. The van der Waals surface area contributed by atoms with Crippen LogP contribution in [0, 0.1) is 29.6 Å². The molecule has 3 fully saturated rings. The average molecular weight is 1070 g/mol. The van der Waals surface area contributed by atoms with Gasteiger partial charge in [0.1, 0.15) is 42.3 Å². The second-order valence-corrected chi connectivity index (χ2v) is 23.7. The van der Waals surface area contributed by atoms with Crippen LogP contribution in [0.5, 0.6) is 0 Å². The topological polar surface area (TPSA) is 180 Å². The second-order valence-electron chi connectivity index (χ2n) is 23.7. The fourth-order valence-electron chi connectivity index (χ4n) is 12.3. The third-order valence-corrected chi connectivity index (χ3v) is 16.8. The van der Waals surface area contributed by atoms with E-state index in [0.29, 0.717) is 70.5 Å². The predicted molar refractivity (Wildman–Crippen MR) is 300 cm³/mol. The Bertz CT molecular complexity index is 2240. The van der Waals surface area contributed by atoms with Crippen LogP contribution in [-0.4, -0.2) is 195 Å². The lowest BCUT2D eigenvalue weighted by atomic mass is 9.91. The van der Waals surface area contributed by atoms with Gasteiger partial charge in [0.25, 0.3) is 0 Å². The Labute approximate surface area is 461 Å². The lowest BCUT2D eigenvalue weighted by Gasteiger charge is -2.42. The van der Waals surface area contributed by atoms with Gasteiger partial charge in [0.2, 0.25) is 47.3 Å². The van der Waals surface area contributed by atoms with Crippen LogP contribution < -0.4 is 0 Å². The quantitative estimate of drug-likeness (QED) is 0.0758. The third kappa shape index (κ3) is 15.4. The Morgan fingerprint density at radius 1 is 0.571 bits per heavy atom. The van der Waals surface area contributed by atoms with Gasteiger partial charge in [-0.2, -0.15) is 0 Å². The van der Waals surface area contributed by atoms with E-state index in [0.717, 1.165) is 31.2 Å². The van der Waals surface area contributed by atoms with Crippen molar-refractivity contribution in [1.29, 1.82) is 0 Å². The lowest BCUT2D eigenvalue weighted by molar-refractivity contribution is -0.159. The first-order chi connectivity index (χ1) is 36.2. The Balaban J connectivity index is 1.54. The van der Waals surface area contributed by atoms with Gasteiger partial charge < -0.3 is 39.2 Å². The largest absolute Gasteiger partial charge is 0.334 e. The van der Waals surface area contributed by atoms with E-state index < -0.39 is 95.6 Å². The van der Waals surface area contributed by atoms with Crippen molar-refractivity contribution in [2.24, 2.45) is 29.6 Å². The van der Waals surface area contributed by atoms with Gasteiger partial charge in [0.15, 0.2) is 5.78 Å². The normalized spacial score (nSPS) is 20.3. The summed E-state index contributed by atoms with van der Waals surface area (Å²) in [7, 11) is 7.84. The van der Waals surface area contributed by atoms with Crippen molar-refractivity contribution >= 4 is 53.0 Å². The number of benzene rings is 1. The smallest absolute Gasteiger partial charge is 0.246 e. The molecule has 4 rings (SSSR count). The summed E-state index contributed by atoms with van der Waals surface area (Å²) in [4.78, 5) is 141. The number of hydrogen-bond donors (Lipinski definition) is 0. The van der Waals surface area contributed by atoms with Crippen LogP contribution >= 0.6 is 0 Å². The van der Waals surface area contributed by atoms with Gasteiger partial charge in [-0.15, -0.1) is 6.58 Å². The molecule has 77 heavy (non-hydrogen) atoms. The number of Topliss-reactive ketones (excluding diaryl/α,β-unsaturated/α-hetero) is 1. The fraction of sp³-hybridized carbons (Fsp3) is 0.717. The van der Waals surface area contributed by atoms with Crippen molar-refractivity contribution in [3.05, 3.63) is 48.6 Å². The summed E-state index contributed by atoms with van der Waals surface area (Å²) < 4.78 is 0. The molecule has 430 valence electrons. The number of carbonyl (C=O) groups is 9. The van der Waals surface area contributed by atoms with Gasteiger partial charge in [-0.1, -0.05) is 105 Å². The molecule has 8 amide bonds. The molecule has 17 heteroatoms. The van der Waals surface area contributed by atoms with E-state index in [9.17, 15) is 33.6 Å². The van der Waals surface area contributed by atoms with Crippen LogP contribution in [0.1, 0.15) is 145 Å². The maximum Gasteiger partial charge on any atom is 0.246 e. The molecule has 0 N–H and O–H groups in total. The molecule has 0 saturated carbocycles. The molecule has 3 aliphatic heterocycles. The highest BCUT2D eigenvalue weighted by molar-refractivity contribution is 5.98. The van der Waals surface area contributed by atoms with Crippen LogP contribution in [0.4, 0.5) is 0 Å². The first-order valence-electron chi connectivity index (χ1n) is 28.6. The van der Waals surface area contributed by atoms with Crippen molar-refractivity contribution < 1.29 is 43.2 Å². The minimum absolute atomic E-state index is 0.0862. The average Bonchev–Trinajstić information content (AvgIpc) is 4.21. The van der Waals surface area contributed by atoms with Crippen molar-refractivity contribution in [1.82, 2.24) is 39.2 Å². The molecule has 17 nitrogen and oxygen atoms in total. The van der Waals surface area contributed by atoms with Crippen molar-refractivity contribution in [2.75, 3.05) is 54.9 Å². The van der Waals surface area contributed by atoms with Gasteiger partial charge in [0, 0.05) is 67.2 Å². The summed E-state index contributed by atoms with van der Waals surface area (Å²) in [6.07, 6.45) is 10.1. The number of likely N-dealkylation sites (N-methyl/N-ethyl adjacent to an activating group) is 5. The van der Waals surface area contributed by atoms with Crippen molar-refractivity contribution in [2.45, 2.75) is 195 Å². The molecule has 1 aromatic rings.